The van der Waals surface area contributed by atoms with Crippen LogP contribution in [0.25, 0.3) is 0 Å². The summed E-state index contributed by atoms with van der Waals surface area (Å²) in [6, 6.07) is 11.4. The smallest absolute Gasteiger partial charge is 0.208 e. The summed E-state index contributed by atoms with van der Waals surface area (Å²) < 4.78 is 24.6. The molecule has 1 aliphatic heterocycles. The SMILES string of the molecule is CN=C(NCCNS(C)(=O)=O)NC1CCN(C(C)c2ccccc2)CC1. The van der Waals surface area contributed by atoms with Crippen molar-refractivity contribution in [3.8, 4) is 0 Å². The van der Waals surface area contributed by atoms with E-state index in [-0.39, 0.29) is 0 Å². The van der Waals surface area contributed by atoms with E-state index >= 15 is 0 Å². The summed E-state index contributed by atoms with van der Waals surface area (Å²) >= 11 is 0. The summed E-state index contributed by atoms with van der Waals surface area (Å²) in [6.45, 7) is 5.18. The Hall–Kier alpha value is -1.64. The van der Waals surface area contributed by atoms with Crippen molar-refractivity contribution in [3.05, 3.63) is 35.9 Å². The van der Waals surface area contributed by atoms with Crippen molar-refractivity contribution in [2.45, 2.75) is 31.8 Å². The van der Waals surface area contributed by atoms with Gasteiger partial charge in [-0.2, -0.15) is 0 Å². The van der Waals surface area contributed by atoms with Crippen molar-refractivity contribution in [2.24, 2.45) is 4.99 Å². The number of guanidine groups is 1. The van der Waals surface area contributed by atoms with Crippen LogP contribution in [0.15, 0.2) is 35.3 Å². The quantitative estimate of drug-likeness (QED) is 0.372. The lowest BCUT2D eigenvalue weighted by atomic mass is 10.0. The molecule has 26 heavy (non-hydrogen) atoms. The number of nitrogens with zero attached hydrogens (tertiary/aromatic N) is 2. The lowest BCUT2D eigenvalue weighted by Gasteiger charge is -2.37. The van der Waals surface area contributed by atoms with Gasteiger partial charge in [-0.25, -0.2) is 13.1 Å². The maximum atomic E-state index is 11.1. The standard InChI is InChI=1S/C18H31N5O2S/c1-15(16-7-5-4-6-8-16)23-13-9-17(10-14-23)22-18(19-2)20-11-12-21-26(3,24)25/h4-8,15,17,21H,9-14H2,1-3H3,(H2,19,20,22). The minimum Gasteiger partial charge on any atom is -0.355 e. The topological polar surface area (TPSA) is 85.8 Å². The lowest BCUT2D eigenvalue weighted by molar-refractivity contribution is 0.158. The van der Waals surface area contributed by atoms with Gasteiger partial charge in [0.05, 0.1) is 6.26 Å². The molecule has 0 spiro atoms. The van der Waals surface area contributed by atoms with E-state index in [4.69, 9.17) is 0 Å². The van der Waals surface area contributed by atoms with Crippen LogP contribution in [0, 0.1) is 0 Å². The van der Waals surface area contributed by atoms with Gasteiger partial charge in [-0.05, 0) is 25.3 Å². The van der Waals surface area contributed by atoms with Gasteiger partial charge in [-0.1, -0.05) is 30.3 Å². The van der Waals surface area contributed by atoms with E-state index in [9.17, 15) is 8.42 Å². The number of benzene rings is 1. The fourth-order valence-corrected chi connectivity index (χ4v) is 3.65. The first-order chi connectivity index (χ1) is 12.4. The molecule has 0 amide bonds. The summed E-state index contributed by atoms with van der Waals surface area (Å²) in [5.74, 6) is 0.717. The van der Waals surface area contributed by atoms with E-state index < -0.39 is 10.0 Å². The molecule has 0 saturated carbocycles. The number of piperidine rings is 1. The van der Waals surface area contributed by atoms with Gasteiger partial charge in [0.15, 0.2) is 5.96 Å². The molecule has 1 saturated heterocycles. The van der Waals surface area contributed by atoms with Crippen LogP contribution in [0.2, 0.25) is 0 Å². The molecule has 0 bridgehead atoms. The molecular weight excluding hydrogens is 350 g/mol. The summed E-state index contributed by atoms with van der Waals surface area (Å²) in [5, 5.41) is 6.58. The van der Waals surface area contributed by atoms with Crippen LogP contribution in [-0.4, -0.2) is 64.8 Å². The van der Waals surface area contributed by atoms with Crippen molar-refractivity contribution in [1.29, 1.82) is 0 Å². The van der Waals surface area contributed by atoms with Crippen molar-refractivity contribution in [1.82, 2.24) is 20.3 Å². The molecule has 1 aromatic rings. The third-order valence-corrected chi connectivity index (χ3v) is 5.43. The number of likely N-dealkylation sites (tertiary alicyclic amines) is 1. The van der Waals surface area contributed by atoms with Crippen LogP contribution >= 0.6 is 0 Å². The van der Waals surface area contributed by atoms with Gasteiger partial charge in [-0.3, -0.25) is 9.89 Å². The van der Waals surface area contributed by atoms with Gasteiger partial charge in [0, 0.05) is 45.3 Å². The lowest BCUT2D eigenvalue weighted by Crippen LogP contribution is -2.50. The molecule has 8 heteroatoms. The minimum absolute atomic E-state index is 0.340. The first-order valence-electron chi connectivity index (χ1n) is 9.10. The second-order valence-corrected chi connectivity index (χ2v) is 8.54. The second-order valence-electron chi connectivity index (χ2n) is 6.71. The van der Waals surface area contributed by atoms with Gasteiger partial charge >= 0.3 is 0 Å². The number of sulfonamides is 1. The summed E-state index contributed by atoms with van der Waals surface area (Å²) in [4.78, 5) is 6.74. The largest absolute Gasteiger partial charge is 0.355 e. The first-order valence-corrected chi connectivity index (χ1v) is 11.0. The second kappa shape index (κ2) is 9.89. The fourth-order valence-electron chi connectivity index (χ4n) is 3.18. The Morgan fingerprint density at radius 1 is 1.23 bits per heavy atom. The van der Waals surface area contributed by atoms with Crippen molar-refractivity contribution in [3.63, 3.8) is 0 Å². The van der Waals surface area contributed by atoms with Crippen LogP contribution < -0.4 is 15.4 Å². The molecular formula is C18H31N5O2S. The van der Waals surface area contributed by atoms with Crippen LogP contribution in [0.1, 0.15) is 31.4 Å². The van der Waals surface area contributed by atoms with Gasteiger partial charge in [0.25, 0.3) is 0 Å². The molecule has 3 N–H and O–H groups in total. The maximum absolute atomic E-state index is 11.1. The minimum atomic E-state index is -3.15. The predicted octanol–water partition coefficient (Wildman–Crippen LogP) is 0.926. The summed E-state index contributed by atoms with van der Waals surface area (Å²) in [7, 11) is -1.42. The van der Waals surface area contributed by atoms with Gasteiger partial charge in [0.1, 0.15) is 0 Å². The van der Waals surface area contributed by atoms with E-state index in [1.165, 1.54) is 5.56 Å². The van der Waals surface area contributed by atoms with Crippen LogP contribution in [0.3, 0.4) is 0 Å². The molecule has 1 aliphatic rings. The van der Waals surface area contributed by atoms with Crippen molar-refractivity contribution >= 4 is 16.0 Å². The highest BCUT2D eigenvalue weighted by molar-refractivity contribution is 7.88. The normalized spacial score (nSPS) is 18.5. The zero-order valence-electron chi connectivity index (χ0n) is 15.9. The van der Waals surface area contributed by atoms with Crippen LogP contribution in [0.5, 0.6) is 0 Å². The number of hydrogen-bond donors (Lipinski definition) is 3. The molecule has 7 nitrogen and oxygen atoms in total. The van der Waals surface area contributed by atoms with Gasteiger partial charge in [-0.15, -0.1) is 0 Å². The zero-order valence-corrected chi connectivity index (χ0v) is 16.7. The molecule has 1 atom stereocenters. The monoisotopic (exact) mass is 381 g/mol. The molecule has 146 valence electrons. The van der Waals surface area contributed by atoms with Gasteiger partial charge in [0.2, 0.25) is 10.0 Å². The molecule has 1 unspecified atom stereocenters. The molecule has 0 aromatic heterocycles. The average molecular weight is 382 g/mol. The molecule has 0 aliphatic carbocycles. The molecule has 1 aromatic carbocycles. The van der Waals surface area contributed by atoms with Crippen molar-refractivity contribution in [2.75, 3.05) is 39.5 Å². The van der Waals surface area contributed by atoms with E-state index in [0.29, 0.717) is 25.2 Å². The first kappa shape index (κ1) is 20.7. The van der Waals surface area contributed by atoms with Gasteiger partial charge < -0.3 is 10.6 Å². The Morgan fingerprint density at radius 3 is 2.46 bits per heavy atom. The Labute approximate surface area is 157 Å². The highest BCUT2D eigenvalue weighted by Gasteiger charge is 2.23. The molecule has 2 rings (SSSR count). The van der Waals surface area contributed by atoms with Crippen LogP contribution in [0.4, 0.5) is 0 Å². The maximum Gasteiger partial charge on any atom is 0.208 e. The Morgan fingerprint density at radius 2 is 1.88 bits per heavy atom. The number of aliphatic imine (C=N–C) groups is 1. The van der Waals surface area contributed by atoms with E-state index in [1.807, 2.05) is 0 Å². The van der Waals surface area contributed by atoms with E-state index in [2.05, 4.69) is 62.5 Å². The van der Waals surface area contributed by atoms with Crippen LogP contribution in [-0.2, 0) is 10.0 Å². The van der Waals surface area contributed by atoms with E-state index in [1.54, 1.807) is 7.05 Å². The Kier molecular flexibility index (Phi) is 7.86. The number of hydrogen-bond acceptors (Lipinski definition) is 4. The summed E-state index contributed by atoms with van der Waals surface area (Å²) in [6.07, 6.45) is 3.27. The fraction of sp³-hybridized carbons (Fsp3) is 0.611. The molecule has 0 radical (unpaired) electrons. The Balaban J connectivity index is 1.73. The third kappa shape index (κ3) is 6.93. The molecule has 1 heterocycles. The average Bonchev–Trinajstić information content (AvgIpc) is 2.64. The van der Waals surface area contributed by atoms with Crippen molar-refractivity contribution < 1.29 is 8.42 Å². The predicted molar refractivity (Wildman–Crippen MR) is 107 cm³/mol. The molecule has 1 fully saturated rings. The van der Waals surface area contributed by atoms with E-state index in [0.717, 1.165) is 38.1 Å². The number of rotatable bonds is 7. The number of nitrogens with one attached hydrogen (secondary N) is 3. The third-order valence-electron chi connectivity index (χ3n) is 4.71. The highest BCUT2D eigenvalue weighted by atomic mass is 32.2. The zero-order chi connectivity index (χ0) is 19.0. The highest BCUT2D eigenvalue weighted by Crippen LogP contribution is 2.23. The summed E-state index contributed by atoms with van der Waals surface area (Å²) in [5.41, 5.74) is 1.36. The Bertz CT molecular complexity index is 670.